The molecular weight excluding hydrogens is 340 g/mol. The second-order valence-corrected chi connectivity index (χ2v) is 7.22. The molecule has 2 aliphatic rings. The van der Waals surface area contributed by atoms with Crippen LogP contribution >= 0.6 is 0 Å². The van der Waals surface area contributed by atoms with E-state index in [2.05, 4.69) is 11.0 Å². The third-order valence-electron chi connectivity index (χ3n) is 5.58. The number of esters is 1. The number of nitriles is 1. The van der Waals surface area contributed by atoms with Gasteiger partial charge in [-0.05, 0) is 48.6 Å². The minimum Gasteiger partial charge on any atom is -0.465 e. The standard InChI is InChI=1S/C21H22N4O2/c1-27-21(26)14-7-5-13(6-8-14)17-11-25(12-18(17)23)20-16(10-22)9-15-3-2-4-19(15)24-20/h5-9,17-18H,2-4,11-12,23H2,1H3/t17-,18+/m0/s1. The van der Waals surface area contributed by atoms with Crippen LogP contribution in [0, 0.1) is 11.3 Å². The highest BCUT2D eigenvalue weighted by Crippen LogP contribution is 2.33. The summed E-state index contributed by atoms with van der Waals surface area (Å²) >= 11 is 0. The number of carbonyl (C=O) groups is 1. The van der Waals surface area contributed by atoms with Gasteiger partial charge in [0.25, 0.3) is 0 Å². The summed E-state index contributed by atoms with van der Waals surface area (Å²) in [5.74, 6) is 0.528. The highest BCUT2D eigenvalue weighted by Gasteiger charge is 2.34. The number of anilines is 1. The number of benzene rings is 1. The predicted octanol–water partition coefficient (Wildman–Crippen LogP) is 2.16. The van der Waals surface area contributed by atoms with Gasteiger partial charge in [-0.2, -0.15) is 5.26 Å². The van der Waals surface area contributed by atoms with Gasteiger partial charge in [0.05, 0.1) is 18.2 Å². The van der Waals surface area contributed by atoms with Crippen LogP contribution in [0.5, 0.6) is 0 Å². The summed E-state index contributed by atoms with van der Waals surface area (Å²) in [6, 6.07) is 11.6. The molecule has 1 aromatic heterocycles. The Kier molecular flexibility index (Phi) is 4.54. The average Bonchev–Trinajstić information content (AvgIpc) is 3.32. The zero-order chi connectivity index (χ0) is 19.0. The number of aromatic nitrogens is 1. The van der Waals surface area contributed by atoms with Crippen molar-refractivity contribution in [3.05, 3.63) is 58.3 Å². The van der Waals surface area contributed by atoms with Gasteiger partial charge in [0.1, 0.15) is 11.9 Å². The Morgan fingerprint density at radius 1 is 1.30 bits per heavy atom. The van der Waals surface area contributed by atoms with Crippen molar-refractivity contribution in [1.29, 1.82) is 5.26 Å². The molecule has 2 heterocycles. The first kappa shape index (κ1) is 17.5. The SMILES string of the molecule is COC(=O)c1ccc([C@@H]2CN(c3nc4c(cc3C#N)CCC4)C[C@H]2N)cc1. The lowest BCUT2D eigenvalue weighted by Gasteiger charge is -2.20. The number of fused-ring (bicyclic) bond motifs is 1. The molecule has 0 radical (unpaired) electrons. The third kappa shape index (κ3) is 3.15. The summed E-state index contributed by atoms with van der Waals surface area (Å²) < 4.78 is 4.75. The van der Waals surface area contributed by atoms with Crippen LogP contribution in [0.3, 0.4) is 0 Å². The van der Waals surface area contributed by atoms with Crippen LogP contribution in [0.2, 0.25) is 0 Å². The molecule has 0 amide bonds. The van der Waals surface area contributed by atoms with E-state index < -0.39 is 0 Å². The molecule has 1 fully saturated rings. The Morgan fingerprint density at radius 2 is 2.07 bits per heavy atom. The quantitative estimate of drug-likeness (QED) is 0.841. The Hall–Kier alpha value is -2.91. The molecule has 1 aliphatic carbocycles. The maximum atomic E-state index is 11.6. The fourth-order valence-corrected chi connectivity index (χ4v) is 4.12. The van der Waals surface area contributed by atoms with Gasteiger partial charge >= 0.3 is 5.97 Å². The summed E-state index contributed by atoms with van der Waals surface area (Å²) in [5, 5.41) is 9.57. The molecule has 138 valence electrons. The van der Waals surface area contributed by atoms with E-state index in [4.69, 9.17) is 15.5 Å². The normalized spacial score (nSPS) is 21.0. The van der Waals surface area contributed by atoms with E-state index in [0.29, 0.717) is 24.2 Å². The largest absolute Gasteiger partial charge is 0.465 e. The van der Waals surface area contributed by atoms with E-state index in [1.807, 2.05) is 18.2 Å². The van der Waals surface area contributed by atoms with Crippen LogP contribution in [0.25, 0.3) is 0 Å². The average molecular weight is 362 g/mol. The molecule has 0 unspecified atom stereocenters. The van der Waals surface area contributed by atoms with Gasteiger partial charge in [0.15, 0.2) is 0 Å². The monoisotopic (exact) mass is 362 g/mol. The van der Waals surface area contributed by atoms with Crippen molar-refractivity contribution in [2.45, 2.75) is 31.2 Å². The van der Waals surface area contributed by atoms with Gasteiger partial charge < -0.3 is 15.4 Å². The van der Waals surface area contributed by atoms with Crippen molar-refractivity contribution < 1.29 is 9.53 Å². The lowest BCUT2D eigenvalue weighted by Crippen LogP contribution is -2.29. The maximum absolute atomic E-state index is 11.6. The Bertz CT molecular complexity index is 917. The number of hydrogen-bond donors (Lipinski definition) is 1. The topological polar surface area (TPSA) is 92.2 Å². The van der Waals surface area contributed by atoms with Crippen LogP contribution in [0.15, 0.2) is 30.3 Å². The zero-order valence-electron chi connectivity index (χ0n) is 15.3. The molecule has 0 bridgehead atoms. The van der Waals surface area contributed by atoms with Crippen LogP contribution in [-0.4, -0.2) is 37.2 Å². The zero-order valence-corrected chi connectivity index (χ0v) is 15.3. The molecule has 2 N–H and O–H groups in total. The van der Waals surface area contributed by atoms with Gasteiger partial charge in [0.2, 0.25) is 0 Å². The fourth-order valence-electron chi connectivity index (χ4n) is 4.12. The summed E-state index contributed by atoms with van der Waals surface area (Å²) in [7, 11) is 1.37. The first-order chi connectivity index (χ1) is 13.1. The summed E-state index contributed by atoms with van der Waals surface area (Å²) in [6.45, 7) is 1.36. The highest BCUT2D eigenvalue weighted by atomic mass is 16.5. The number of nitrogens with two attached hydrogens (primary N) is 1. The van der Waals surface area contributed by atoms with Gasteiger partial charge in [-0.1, -0.05) is 12.1 Å². The van der Waals surface area contributed by atoms with Crippen molar-refractivity contribution in [2.75, 3.05) is 25.1 Å². The number of pyridine rings is 1. The van der Waals surface area contributed by atoms with E-state index in [-0.39, 0.29) is 17.9 Å². The lowest BCUT2D eigenvalue weighted by atomic mass is 9.94. The predicted molar refractivity (Wildman–Crippen MR) is 102 cm³/mol. The van der Waals surface area contributed by atoms with Gasteiger partial charge in [-0.3, -0.25) is 0 Å². The minimum atomic E-state index is -0.347. The molecule has 0 saturated carbocycles. The minimum absolute atomic E-state index is 0.0597. The lowest BCUT2D eigenvalue weighted by molar-refractivity contribution is 0.0600. The van der Waals surface area contributed by atoms with E-state index in [1.54, 1.807) is 12.1 Å². The van der Waals surface area contributed by atoms with Crippen LogP contribution in [0.4, 0.5) is 5.82 Å². The van der Waals surface area contributed by atoms with Crippen LogP contribution in [0.1, 0.15) is 45.1 Å². The molecule has 27 heavy (non-hydrogen) atoms. The molecule has 6 nitrogen and oxygen atoms in total. The first-order valence-electron chi connectivity index (χ1n) is 9.22. The van der Waals surface area contributed by atoms with E-state index in [1.165, 1.54) is 12.7 Å². The molecule has 4 rings (SSSR count). The van der Waals surface area contributed by atoms with Crippen molar-refractivity contribution in [2.24, 2.45) is 5.73 Å². The van der Waals surface area contributed by atoms with Crippen LogP contribution < -0.4 is 10.6 Å². The third-order valence-corrected chi connectivity index (χ3v) is 5.58. The van der Waals surface area contributed by atoms with E-state index >= 15 is 0 Å². The van der Waals surface area contributed by atoms with Gasteiger partial charge in [0, 0.05) is 30.7 Å². The van der Waals surface area contributed by atoms with Crippen molar-refractivity contribution in [3.8, 4) is 6.07 Å². The Morgan fingerprint density at radius 3 is 2.78 bits per heavy atom. The first-order valence-corrected chi connectivity index (χ1v) is 9.22. The molecular formula is C21H22N4O2. The van der Waals surface area contributed by atoms with Gasteiger partial charge in [-0.15, -0.1) is 0 Å². The van der Waals surface area contributed by atoms with E-state index in [9.17, 15) is 10.1 Å². The van der Waals surface area contributed by atoms with Crippen LogP contribution in [-0.2, 0) is 17.6 Å². The number of methoxy groups -OCH3 is 1. The Labute approximate surface area is 158 Å². The number of ether oxygens (including phenoxy) is 1. The number of carbonyl (C=O) groups excluding carboxylic acids is 1. The van der Waals surface area contributed by atoms with Crippen molar-refractivity contribution >= 4 is 11.8 Å². The molecule has 1 aromatic carbocycles. The van der Waals surface area contributed by atoms with Crippen molar-refractivity contribution in [1.82, 2.24) is 4.98 Å². The molecule has 1 saturated heterocycles. The van der Waals surface area contributed by atoms with Gasteiger partial charge in [-0.25, -0.2) is 9.78 Å². The van der Waals surface area contributed by atoms with E-state index in [0.717, 1.165) is 36.3 Å². The summed E-state index contributed by atoms with van der Waals surface area (Å²) in [5.41, 5.74) is 11.0. The molecule has 6 heteroatoms. The maximum Gasteiger partial charge on any atom is 0.337 e. The highest BCUT2D eigenvalue weighted by molar-refractivity contribution is 5.89. The molecule has 0 spiro atoms. The number of rotatable bonds is 3. The number of aryl methyl sites for hydroxylation is 2. The second kappa shape index (κ2) is 7.01. The summed E-state index contributed by atoms with van der Waals surface area (Å²) in [4.78, 5) is 18.5. The smallest absolute Gasteiger partial charge is 0.337 e. The molecule has 2 atom stereocenters. The number of nitrogens with zero attached hydrogens (tertiary/aromatic N) is 3. The number of hydrogen-bond acceptors (Lipinski definition) is 6. The molecule has 1 aliphatic heterocycles. The summed E-state index contributed by atoms with van der Waals surface area (Å²) in [6.07, 6.45) is 3.09. The molecule has 2 aromatic rings. The van der Waals surface area contributed by atoms with Crippen molar-refractivity contribution in [3.63, 3.8) is 0 Å². The fraction of sp³-hybridized carbons (Fsp3) is 0.381. The Balaban J connectivity index is 1.59. The second-order valence-electron chi connectivity index (χ2n) is 7.22.